The third kappa shape index (κ3) is 7.97. The Balaban J connectivity index is 1.87. The molecule has 2 aromatic rings. The van der Waals surface area contributed by atoms with Gasteiger partial charge in [-0.2, -0.15) is 0 Å². The second-order valence-corrected chi connectivity index (χ2v) is 14.5. The molecule has 3 N–H and O–H groups in total. The summed E-state index contributed by atoms with van der Waals surface area (Å²) in [4.78, 5) is 64.4. The Morgan fingerprint density at radius 2 is 1.55 bits per heavy atom. The molecule has 0 radical (unpaired) electrons. The van der Waals surface area contributed by atoms with Gasteiger partial charge >= 0.3 is 6.03 Å². The van der Waals surface area contributed by atoms with E-state index in [1.807, 2.05) is 19.1 Å². The van der Waals surface area contributed by atoms with Gasteiger partial charge in [-0.25, -0.2) is 9.69 Å². The molecular weight excluding hydrogens is 620 g/mol. The van der Waals surface area contributed by atoms with E-state index in [0.29, 0.717) is 22.8 Å². The normalized spacial score (nSPS) is 15.8. The zero-order chi connectivity index (χ0) is 35.4. The zero-order valence-corrected chi connectivity index (χ0v) is 29.8. The fourth-order valence-corrected chi connectivity index (χ4v) is 5.65. The molecule has 1 heterocycles. The van der Waals surface area contributed by atoms with Gasteiger partial charge in [0.05, 0.1) is 6.54 Å². The van der Waals surface area contributed by atoms with Crippen molar-refractivity contribution in [2.45, 2.75) is 104 Å². The molecule has 0 aliphatic carbocycles. The van der Waals surface area contributed by atoms with Crippen LogP contribution >= 0.6 is 11.6 Å². The Labute approximate surface area is 283 Å². The number of rotatable bonds is 15. The van der Waals surface area contributed by atoms with Gasteiger partial charge in [-0.1, -0.05) is 104 Å². The molecule has 1 fully saturated rings. The molecule has 2 aromatic carbocycles. The molecule has 0 bridgehead atoms. The summed E-state index contributed by atoms with van der Waals surface area (Å²) in [6.07, 6.45) is 1.27. The average Bonchev–Trinajstić information content (AvgIpc) is 3.39. The largest absolute Gasteiger partial charge is 0.480 e. The highest BCUT2D eigenvalue weighted by Gasteiger charge is 2.59. The van der Waals surface area contributed by atoms with Crippen molar-refractivity contribution in [2.75, 3.05) is 18.4 Å². The molecule has 11 heteroatoms. The number of Topliss-reactive ketones (excluding diaryl/α,β-unsaturated/α-hetero) is 1. The van der Waals surface area contributed by atoms with Crippen molar-refractivity contribution < 1.29 is 28.7 Å². The number of benzene rings is 2. The molecule has 0 aromatic heterocycles. The van der Waals surface area contributed by atoms with E-state index in [4.69, 9.17) is 16.3 Å². The van der Waals surface area contributed by atoms with Gasteiger partial charge in [0, 0.05) is 23.2 Å². The average molecular weight is 669 g/mol. The lowest BCUT2D eigenvalue weighted by Gasteiger charge is -2.37. The Kier molecular flexibility index (Phi) is 11.5. The maximum atomic E-state index is 14.1. The van der Waals surface area contributed by atoms with Crippen LogP contribution in [0.15, 0.2) is 48.5 Å². The Morgan fingerprint density at radius 1 is 0.936 bits per heavy atom. The van der Waals surface area contributed by atoms with Crippen molar-refractivity contribution in [1.29, 1.82) is 0 Å². The number of halogens is 1. The molecule has 256 valence electrons. The number of ketones is 1. The smallest absolute Gasteiger partial charge is 0.326 e. The van der Waals surface area contributed by atoms with Crippen LogP contribution in [0.2, 0.25) is 0 Å². The van der Waals surface area contributed by atoms with E-state index in [9.17, 15) is 24.0 Å². The first-order chi connectivity index (χ1) is 21.8. The fourth-order valence-electron chi connectivity index (χ4n) is 5.18. The van der Waals surface area contributed by atoms with Gasteiger partial charge < -0.3 is 20.7 Å². The summed E-state index contributed by atoms with van der Waals surface area (Å²) in [6, 6.07) is 13.4. The van der Waals surface area contributed by atoms with Crippen LogP contribution < -0.4 is 20.7 Å². The zero-order valence-electron chi connectivity index (χ0n) is 29.0. The third-order valence-electron chi connectivity index (χ3n) is 9.29. The van der Waals surface area contributed by atoms with Gasteiger partial charge in [0.25, 0.3) is 22.7 Å². The maximum absolute atomic E-state index is 14.1. The van der Waals surface area contributed by atoms with Crippen molar-refractivity contribution in [3.63, 3.8) is 0 Å². The predicted molar refractivity (Wildman–Crippen MR) is 183 cm³/mol. The van der Waals surface area contributed by atoms with Crippen molar-refractivity contribution in [1.82, 2.24) is 15.5 Å². The van der Waals surface area contributed by atoms with Gasteiger partial charge in [-0.15, -0.1) is 0 Å². The first-order valence-electron chi connectivity index (χ1n) is 16.2. The number of carbonyl (C=O) groups excluding carboxylic acids is 5. The van der Waals surface area contributed by atoms with Crippen LogP contribution in [0.3, 0.4) is 0 Å². The molecule has 3 rings (SSSR count). The number of amides is 5. The molecule has 47 heavy (non-hydrogen) atoms. The fraction of sp³-hybridized carbons (Fsp3) is 0.528. The van der Waals surface area contributed by atoms with Crippen LogP contribution in [0, 0.1) is 5.41 Å². The van der Waals surface area contributed by atoms with Crippen molar-refractivity contribution >= 4 is 46.8 Å². The van der Waals surface area contributed by atoms with E-state index in [1.54, 1.807) is 30.3 Å². The Morgan fingerprint density at radius 3 is 2.09 bits per heavy atom. The first kappa shape index (κ1) is 37.5. The minimum atomic E-state index is -2.73. The topological polar surface area (TPSA) is 134 Å². The van der Waals surface area contributed by atoms with Gasteiger partial charge in [-0.3, -0.25) is 19.2 Å². The van der Waals surface area contributed by atoms with Crippen molar-refractivity contribution in [3.05, 3.63) is 59.7 Å². The Bertz CT molecular complexity index is 1490. The number of para-hydroxylation sites is 1. The van der Waals surface area contributed by atoms with Gasteiger partial charge in [0.2, 0.25) is 0 Å². The van der Waals surface area contributed by atoms with E-state index in [-0.39, 0.29) is 17.4 Å². The number of nitrogens with zero attached hydrogens (tertiary/aromatic N) is 1. The molecule has 0 spiro atoms. The summed E-state index contributed by atoms with van der Waals surface area (Å²) in [5.41, 5.74) is 0.746. The Hall–Kier alpha value is -3.92. The number of hydrogen-bond donors (Lipinski definition) is 3. The van der Waals surface area contributed by atoms with Gasteiger partial charge in [0.1, 0.15) is 5.75 Å². The van der Waals surface area contributed by atoms with E-state index in [1.165, 1.54) is 19.4 Å². The SMILES string of the molecule is CCC(Oc1ccc(C(C)(C)CC)cc1C(C)(C)CC)C(=O)NCC(C)(C)C(=O)C(Cl)(C(=O)Nc1ccccc1)N1C(=O)CNC1=O. The number of hydrogen-bond acceptors (Lipinski definition) is 6. The number of carbonyl (C=O) groups is 5. The van der Waals surface area contributed by atoms with Gasteiger partial charge in [-0.05, 0) is 53.9 Å². The number of urea groups is 1. The highest BCUT2D eigenvalue weighted by molar-refractivity contribution is 6.50. The highest BCUT2D eigenvalue weighted by atomic mass is 35.5. The highest BCUT2D eigenvalue weighted by Crippen LogP contribution is 2.39. The van der Waals surface area contributed by atoms with Crippen LogP contribution in [0.25, 0.3) is 0 Å². The molecule has 1 aliphatic heterocycles. The standard InChI is InChI=1S/C36H49ClN4O6/c1-10-26(47-27-19-18-23(33(4,5)11-2)20-25(27)34(6,7)12-3)29(43)39-22-35(8,9)30(44)36(37,41-28(42)21-38-32(41)46)31(45)40-24-16-14-13-15-17-24/h13-20,26H,10-12,21-22H2,1-9H3,(H,38,46)(H,39,43)(H,40,45). The van der Waals surface area contributed by atoms with Crippen LogP contribution in [-0.4, -0.2) is 58.6 Å². The second-order valence-electron chi connectivity index (χ2n) is 14.0. The lowest BCUT2D eigenvalue weighted by Crippen LogP contribution is -2.64. The lowest BCUT2D eigenvalue weighted by molar-refractivity contribution is -0.146. The summed E-state index contributed by atoms with van der Waals surface area (Å²) >= 11 is 6.76. The van der Waals surface area contributed by atoms with Crippen LogP contribution in [0.5, 0.6) is 5.75 Å². The molecule has 1 aliphatic rings. The lowest BCUT2D eigenvalue weighted by atomic mass is 9.76. The minimum absolute atomic E-state index is 0.0350. The number of imide groups is 1. The molecule has 1 saturated heterocycles. The summed E-state index contributed by atoms with van der Waals surface area (Å²) in [5, 5.41) is 7.64. The molecule has 2 atom stereocenters. The van der Waals surface area contributed by atoms with E-state index in [0.717, 1.165) is 18.4 Å². The second kappa shape index (κ2) is 14.5. The summed E-state index contributed by atoms with van der Waals surface area (Å²) in [6.45, 7) is 17.1. The van der Waals surface area contributed by atoms with E-state index in [2.05, 4.69) is 63.6 Å². The molecular formula is C36H49ClN4O6. The van der Waals surface area contributed by atoms with Gasteiger partial charge in [0.15, 0.2) is 11.9 Å². The molecule has 10 nitrogen and oxygen atoms in total. The third-order valence-corrected chi connectivity index (χ3v) is 9.81. The van der Waals surface area contributed by atoms with E-state index < -0.39 is 52.6 Å². The van der Waals surface area contributed by atoms with Crippen LogP contribution in [-0.2, 0) is 30.0 Å². The number of alkyl halides is 1. The summed E-state index contributed by atoms with van der Waals surface area (Å²) in [5.74, 6) is -2.70. The van der Waals surface area contributed by atoms with Crippen LogP contribution in [0.4, 0.5) is 10.5 Å². The quantitative estimate of drug-likeness (QED) is 0.0915. The number of nitrogens with one attached hydrogen (secondary N) is 3. The van der Waals surface area contributed by atoms with Crippen LogP contribution in [0.1, 0.15) is 92.7 Å². The van der Waals surface area contributed by atoms with Crippen molar-refractivity contribution in [3.8, 4) is 5.75 Å². The molecule has 2 unspecified atom stereocenters. The maximum Gasteiger partial charge on any atom is 0.326 e. The summed E-state index contributed by atoms with van der Waals surface area (Å²) < 4.78 is 6.36. The van der Waals surface area contributed by atoms with E-state index >= 15 is 0 Å². The number of anilines is 1. The number of ether oxygens (including phenoxy) is 1. The van der Waals surface area contributed by atoms with Crippen molar-refractivity contribution in [2.24, 2.45) is 5.41 Å². The predicted octanol–water partition coefficient (Wildman–Crippen LogP) is 6.06. The first-order valence-corrected chi connectivity index (χ1v) is 16.5. The summed E-state index contributed by atoms with van der Waals surface area (Å²) in [7, 11) is 0. The minimum Gasteiger partial charge on any atom is -0.480 e. The molecule has 5 amide bonds. The monoisotopic (exact) mass is 668 g/mol. The molecule has 0 saturated carbocycles.